The van der Waals surface area contributed by atoms with Crippen LogP contribution >= 0.6 is 0 Å². The smallest absolute Gasteiger partial charge is 0.271 e. The topological polar surface area (TPSA) is 44.9 Å². The first-order valence-corrected chi connectivity index (χ1v) is 5.76. The molecule has 88 valence electrons. The number of carbonyl (C=O) groups excluding carboxylic acids is 1. The van der Waals surface area contributed by atoms with E-state index >= 15 is 0 Å². The molecule has 0 saturated carbocycles. The summed E-state index contributed by atoms with van der Waals surface area (Å²) in [5.41, 5.74) is 3.90. The van der Waals surface area contributed by atoms with E-state index in [4.69, 9.17) is 0 Å². The lowest BCUT2D eigenvalue weighted by molar-refractivity contribution is 0.0966. The van der Waals surface area contributed by atoms with Gasteiger partial charge in [-0.05, 0) is 28.8 Å². The van der Waals surface area contributed by atoms with E-state index in [1.807, 2.05) is 30.4 Å². The van der Waals surface area contributed by atoms with Crippen molar-refractivity contribution in [2.75, 3.05) is 0 Å². The summed E-state index contributed by atoms with van der Waals surface area (Å²) in [6.07, 6.45) is 7.51. The lowest BCUT2D eigenvalue weighted by Crippen LogP contribution is -2.17. The average molecular weight is 236 g/mol. The van der Waals surface area contributed by atoms with Crippen LogP contribution in [-0.4, -0.2) is 10.9 Å². The number of hydrogen-bond donors (Lipinski definition) is 2. The van der Waals surface area contributed by atoms with Crippen molar-refractivity contribution in [3.63, 3.8) is 0 Å². The van der Waals surface area contributed by atoms with Crippen LogP contribution in [0.15, 0.2) is 54.9 Å². The van der Waals surface area contributed by atoms with Gasteiger partial charge in [-0.2, -0.15) is 0 Å². The molecule has 1 aliphatic carbocycles. The SMILES string of the molecule is O=C(NC=C1C=Cc2ccccc21)c1ccc[nH]1. The second-order valence-corrected chi connectivity index (χ2v) is 4.08. The molecular formula is C15H12N2O. The Morgan fingerprint density at radius 1 is 1.11 bits per heavy atom. The largest absolute Gasteiger partial charge is 0.357 e. The average Bonchev–Trinajstić information content (AvgIpc) is 3.06. The third-order valence-electron chi connectivity index (χ3n) is 2.92. The number of fused-ring (bicyclic) bond motifs is 1. The van der Waals surface area contributed by atoms with Gasteiger partial charge in [-0.15, -0.1) is 0 Å². The number of aromatic amines is 1. The zero-order chi connectivity index (χ0) is 12.4. The fourth-order valence-corrected chi connectivity index (χ4v) is 1.99. The first-order chi connectivity index (χ1) is 8.84. The number of nitrogens with one attached hydrogen (secondary N) is 2. The van der Waals surface area contributed by atoms with E-state index in [1.165, 1.54) is 5.56 Å². The summed E-state index contributed by atoms with van der Waals surface area (Å²) in [5.74, 6) is -0.134. The van der Waals surface area contributed by atoms with Gasteiger partial charge in [0.1, 0.15) is 5.69 Å². The quantitative estimate of drug-likeness (QED) is 0.827. The Bertz CT molecular complexity index is 636. The Balaban J connectivity index is 1.80. The zero-order valence-corrected chi connectivity index (χ0v) is 9.68. The molecule has 0 unspecified atom stereocenters. The molecule has 0 radical (unpaired) electrons. The molecule has 0 bridgehead atoms. The predicted octanol–water partition coefficient (Wildman–Crippen LogP) is 2.81. The molecule has 0 spiro atoms. The second kappa shape index (κ2) is 4.37. The molecule has 1 aromatic carbocycles. The number of benzene rings is 1. The van der Waals surface area contributed by atoms with Crippen molar-refractivity contribution in [2.45, 2.75) is 0 Å². The molecule has 2 aromatic rings. The van der Waals surface area contributed by atoms with Gasteiger partial charge in [-0.1, -0.05) is 36.4 Å². The van der Waals surface area contributed by atoms with Gasteiger partial charge in [0.25, 0.3) is 5.91 Å². The molecular weight excluding hydrogens is 224 g/mol. The summed E-state index contributed by atoms with van der Waals surface area (Å²) in [7, 11) is 0. The molecule has 2 N–H and O–H groups in total. The number of carbonyl (C=O) groups is 1. The molecule has 18 heavy (non-hydrogen) atoms. The molecule has 1 aromatic heterocycles. The van der Waals surface area contributed by atoms with Gasteiger partial charge >= 0.3 is 0 Å². The van der Waals surface area contributed by atoms with Crippen molar-refractivity contribution in [3.05, 3.63) is 71.7 Å². The number of amides is 1. The van der Waals surface area contributed by atoms with E-state index < -0.39 is 0 Å². The number of hydrogen-bond acceptors (Lipinski definition) is 1. The Morgan fingerprint density at radius 2 is 2.00 bits per heavy atom. The summed E-state index contributed by atoms with van der Waals surface area (Å²) in [6.45, 7) is 0. The first-order valence-electron chi connectivity index (χ1n) is 5.76. The number of aromatic nitrogens is 1. The maximum atomic E-state index is 11.8. The highest BCUT2D eigenvalue weighted by Crippen LogP contribution is 2.27. The van der Waals surface area contributed by atoms with Gasteiger partial charge in [-0.3, -0.25) is 4.79 Å². The minimum absolute atomic E-state index is 0.134. The van der Waals surface area contributed by atoms with Gasteiger partial charge in [-0.25, -0.2) is 0 Å². The van der Waals surface area contributed by atoms with Crippen LogP contribution in [0.1, 0.15) is 21.6 Å². The maximum Gasteiger partial charge on any atom is 0.271 e. The fraction of sp³-hybridized carbons (Fsp3) is 0. The molecule has 0 saturated heterocycles. The van der Waals surface area contributed by atoms with E-state index in [0.717, 1.165) is 11.1 Å². The Kier molecular flexibility index (Phi) is 2.57. The standard InChI is InChI=1S/C15H12N2O/c18-15(14-6-3-9-16-14)17-10-12-8-7-11-4-1-2-5-13(11)12/h1-10,16H,(H,17,18). The first kappa shape index (κ1) is 10.6. The lowest BCUT2D eigenvalue weighted by atomic mass is 10.1. The van der Waals surface area contributed by atoms with E-state index in [2.05, 4.69) is 16.4 Å². The summed E-state index contributed by atoms with van der Waals surface area (Å²) in [6, 6.07) is 11.6. The fourth-order valence-electron chi connectivity index (χ4n) is 1.99. The highest BCUT2D eigenvalue weighted by atomic mass is 16.1. The molecule has 1 aliphatic rings. The molecule has 0 fully saturated rings. The highest BCUT2D eigenvalue weighted by molar-refractivity contribution is 5.96. The lowest BCUT2D eigenvalue weighted by Gasteiger charge is -2.02. The van der Waals surface area contributed by atoms with Gasteiger partial charge < -0.3 is 10.3 Å². The van der Waals surface area contributed by atoms with Crippen LogP contribution in [0.4, 0.5) is 0 Å². The van der Waals surface area contributed by atoms with Gasteiger partial charge in [0.15, 0.2) is 0 Å². The van der Waals surface area contributed by atoms with E-state index in [-0.39, 0.29) is 5.91 Å². The number of allylic oxidation sites excluding steroid dienone is 2. The van der Waals surface area contributed by atoms with Gasteiger partial charge in [0.05, 0.1) is 0 Å². The number of H-pyrrole nitrogens is 1. The zero-order valence-electron chi connectivity index (χ0n) is 9.68. The Morgan fingerprint density at radius 3 is 2.83 bits per heavy atom. The Hall–Kier alpha value is -2.55. The monoisotopic (exact) mass is 236 g/mol. The van der Waals surface area contributed by atoms with Crippen LogP contribution in [0, 0.1) is 0 Å². The van der Waals surface area contributed by atoms with Crippen LogP contribution in [0.2, 0.25) is 0 Å². The Labute approximate surface area is 105 Å². The van der Waals surface area contributed by atoms with Crippen molar-refractivity contribution in [2.24, 2.45) is 0 Å². The molecule has 1 amide bonds. The van der Waals surface area contributed by atoms with Crippen molar-refractivity contribution in [1.29, 1.82) is 0 Å². The summed E-state index contributed by atoms with van der Waals surface area (Å²) in [5, 5.41) is 2.78. The van der Waals surface area contributed by atoms with E-state index in [0.29, 0.717) is 5.69 Å². The second-order valence-electron chi connectivity index (χ2n) is 4.08. The van der Waals surface area contributed by atoms with E-state index in [9.17, 15) is 4.79 Å². The third-order valence-corrected chi connectivity index (χ3v) is 2.92. The molecule has 3 nitrogen and oxygen atoms in total. The van der Waals surface area contributed by atoms with Crippen molar-refractivity contribution in [1.82, 2.24) is 10.3 Å². The molecule has 3 heteroatoms. The minimum atomic E-state index is -0.134. The van der Waals surface area contributed by atoms with Crippen molar-refractivity contribution < 1.29 is 4.79 Å². The van der Waals surface area contributed by atoms with E-state index in [1.54, 1.807) is 24.5 Å². The molecule has 3 rings (SSSR count). The van der Waals surface area contributed by atoms with Crippen molar-refractivity contribution >= 4 is 17.6 Å². The molecule has 0 aliphatic heterocycles. The highest BCUT2D eigenvalue weighted by Gasteiger charge is 2.10. The normalized spacial score (nSPS) is 14.8. The molecule has 0 atom stereocenters. The maximum absolute atomic E-state index is 11.8. The van der Waals surface area contributed by atoms with Crippen LogP contribution in [0.5, 0.6) is 0 Å². The van der Waals surface area contributed by atoms with Crippen LogP contribution in [-0.2, 0) is 0 Å². The van der Waals surface area contributed by atoms with Gasteiger partial charge in [0, 0.05) is 12.4 Å². The third kappa shape index (κ3) is 1.86. The van der Waals surface area contributed by atoms with Crippen molar-refractivity contribution in [3.8, 4) is 0 Å². The van der Waals surface area contributed by atoms with Crippen LogP contribution in [0.3, 0.4) is 0 Å². The summed E-state index contributed by atoms with van der Waals surface area (Å²) >= 11 is 0. The van der Waals surface area contributed by atoms with Gasteiger partial charge in [0.2, 0.25) is 0 Å². The summed E-state index contributed by atoms with van der Waals surface area (Å²) < 4.78 is 0. The predicted molar refractivity (Wildman–Crippen MR) is 71.7 cm³/mol. The summed E-state index contributed by atoms with van der Waals surface area (Å²) in [4.78, 5) is 14.6. The van der Waals surface area contributed by atoms with Crippen LogP contribution < -0.4 is 5.32 Å². The minimum Gasteiger partial charge on any atom is -0.357 e. The molecule has 1 heterocycles. The number of rotatable bonds is 2. The van der Waals surface area contributed by atoms with Crippen LogP contribution in [0.25, 0.3) is 11.6 Å².